The van der Waals surface area contributed by atoms with Crippen molar-refractivity contribution in [2.45, 2.75) is 78.2 Å². The molecule has 1 fully saturated rings. The molecule has 0 heterocycles. The molecular weight excluding hydrogens is 588 g/mol. The number of esters is 1. The van der Waals surface area contributed by atoms with Crippen LogP contribution in [-0.4, -0.2) is 74.4 Å². The maximum absolute atomic E-state index is 14.1. The third-order valence-corrected chi connectivity index (χ3v) is 8.17. The van der Waals surface area contributed by atoms with Gasteiger partial charge in [0.1, 0.15) is 16.9 Å². The van der Waals surface area contributed by atoms with E-state index in [4.69, 9.17) is 35.3 Å². The van der Waals surface area contributed by atoms with Gasteiger partial charge in [0, 0.05) is 31.6 Å². The first kappa shape index (κ1) is 35.1. The Labute approximate surface area is 265 Å². The molecule has 2 amide bonds. The van der Waals surface area contributed by atoms with Crippen molar-refractivity contribution < 1.29 is 38.1 Å². The molecule has 2 atom stereocenters. The molecule has 11 heteroatoms. The van der Waals surface area contributed by atoms with Crippen LogP contribution in [-0.2, 0) is 19.0 Å². The van der Waals surface area contributed by atoms with Gasteiger partial charge in [0.25, 0.3) is 0 Å². The number of nitrogens with one attached hydrogen (secondary N) is 1. The number of Topliss-reactive ketones (excluding diaryl/α,β-unsaturated/α-hetero) is 1. The third-order valence-electron chi connectivity index (χ3n) is 7.78. The summed E-state index contributed by atoms with van der Waals surface area (Å²) in [5.41, 5.74) is 0.537. The molecule has 1 aliphatic rings. The Bertz CT molecular complexity index is 1280. The number of methoxy groups -OCH3 is 1. The lowest BCUT2D eigenvalue weighted by molar-refractivity contribution is -0.160. The van der Waals surface area contributed by atoms with E-state index in [-0.39, 0.29) is 54.1 Å². The zero-order valence-electron chi connectivity index (χ0n) is 26.7. The van der Waals surface area contributed by atoms with Crippen molar-refractivity contribution in [1.82, 2.24) is 10.2 Å². The summed E-state index contributed by atoms with van der Waals surface area (Å²) >= 11 is 6.90. The molecule has 2 aromatic carbocycles. The molecule has 10 nitrogen and oxygen atoms in total. The number of amides is 2. The zero-order valence-corrected chi connectivity index (χ0v) is 27.5. The average molecular weight is 633 g/mol. The number of hydrogen-bond acceptors (Lipinski definition) is 8. The molecule has 3 rings (SSSR count). The minimum absolute atomic E-state index is 0.162. The third kappa shape index (κ3) is 8.02. The summed E-state index contributed by atoms with van der Waals surface area (Å²) in [5, 5.41) is 3.14. The molecule has 242 valence electrons. The largest absolute Gasteiger partial charge is 0.493 e. The van der Waals surface area contributed by atoms with Crippen LogP contribution < -0.4 is 14.8 Å². The lowest BCUT2D eigenvalue weighted by Crippen LogP contribution is -2.67. The Morgan fingerprint density at radius 1 is 1.05 bits per heavy atom. The van der Waals surface area contributed by atoms with Gasteiger partial charge in [-0.05, 0) is 53.2 Å². The Kier molecular flexibility index (Phi) is 12.9. The van der Waals surface area contributed by atoms with Crippen LogP contribution in [0.25, 0.3) is 0 Å². The second-order valence-corrected chi connectivity index (χ2v) is 11.1. The number of halogens is 1. The van der Waals surface area contributed by atoms with Crippen LogP contribution in [0, 0.1) is 0 Å². The van der Waals surface area contributed by atoms with Crippen LogP contribution in [0.1, 0.15) is 88.0 Å². The number of ether oxygens (including phenoxy) is 5. The Balaban J connectivity index is 1.99. The van der Waals surface area contributed by atoms with Crippen molar-refractivity contribution in [3.8, 4) is 11.5 Å². The zero-order chi connectivity index (χ0) is 32.4. The fraction of sp³-hybridized carbons (Fsp3) is 0.545. The highest BCUT2D eigenvalue weighted by Crippen LogP contribution is 2.43. The monoisotopic (exact) mass is 632 g/mol. The number of urea groups is 1. The maximum Gasteiger partial charge on any atom is 0.331 e. The van der Waals surface area contributed by atoms with Gasteiger partial charge in [-0.25, -0.2) is 9.59 Å². The van der Waals surface area contributed by atoms with Gasteiger partial charge < -0.3 is 33.9 Å². The number of benzene rings is 2. The number of carbonyl (C=O) groups excluding carboxylic acids is 3. The number of hydrogen-bond donors (Lipinski definition) is 1. The van der Waals surface area contributed by atoms with Gasteiger partial charge in [-0.2, -0.15) is 0 Å². The summed E-state index contributed by atoms with van der Waals surface area (Å²) < 4.78 is 28.6. The van der Waals surface area contributed by atoms with Crippen molar-refractivity contribution in [1.29, 1.82) is 0 Å². The first-order chi connectivity index (χ1) is 21.0. The van der Waals surface area contributed by atoms with Crippen molar-refractivity contribution in [2.75, 3.05) is 40.1 Å². The van der Waals surface area contributed by atoms with Crippen molar-refractivity contribution in [3.63, 3.8) is 0 Å². The van der Waals surface area contributed by atoms with E-state index in [9.17, 15) is 14.4 Å². The van der Waals surface area contributed by atoms with Crippen LogP contribution >= 0.6 is 11.6 Å². The molecule has 0 spiro atoms. The second-order valence-electron chi connectivity index (χ2n) is 10.7. The molecule has 0 bridgehead atoms. The summed E-state index contributed by atoms with van der Waals surface area (Å²) in [6.07, 6.45) is 0.195. The molecule has 2 aromatic rings. The predicted octanol–water partition coefficient (Wildman–Crippen LogP) is 6.30. The minimum atomic E-state index is -1.23. The van der Waals surface area contributed by atoms with Crippen LogP contribution in [0.2, 0.25) is 5.02 Å². The summed E-state index contributed by atoms with van der Waals surface area (Å²) in [6.45, 7) is 12.1. The van der Waals surface area contributed by atoms with Crippen LogP contribution in [0.3, 0.4) is 0 Å². The fourth-order valence-corrected chi connectivity index (χ4v) is 5.83. The topological polar surface area (TPSA) is 113 Å². The molecule has 0 radical (unpaired) electrons. The van der Waals surface area contributed by atoms with E-state index in [1.807, 2.05) is 58.0 Å². The van der Waals surface area contributed by atoms with Crippen molar-refractivity contribution >= 4 is 29.4 Å². The second kappa shape index (κ2) is 16.1. The summed E-state index contributed by atoms with van der Waals surface area (Å²) in [6, 6.07) is 10.3. The van der Waals surface area contributed by atoms with Crippen LogP contribution in [0.15, 0.2) is 36.4 Å². The standard InChI is InChI=1S/C33H45ClN2O8/c1-8-41-25-19-33(20-25,31(38)40-7)35-32(39)36(16-17-44-23(6)24-14-12-11-13-15-24)21(4)26-18-27(42-9-2)28(22(5)37)30(29(26)34)43-10-3/h11-15,18,21,23,25H,8-10,16-17,19-20H2,1-7H3,(H,35,39)/t21-,23+,25?,33?/m1/s1. The van der Waals surface area contributed by atoms with Gasteiger partial charge >= 0.3 is 12.0 Å². The SMILES string of the molecule is CCOc1cc([C@@H](C)N(CCO[C@@H](C)c2ccccc2)C(=O)NC2(C(=O)OC)CC(OCC)C2)c(Cl)c(OCC)c1C(C)=O. The van der Waals surface area contributed by atoms with Gasteiger partial charge in [-0.15, -0.1) is 0 Å². The highest BCUT2D eigenvalue weighted by Gasteiger charge is 2.53. The van der Waals surface area contributed by atoms with Gasteiger partial charge in [0.05, 0.1) is 50.2 Å². The molecule has 44 heavy (non-hydrogen) atoms. The van der Waals surface area contributed by atoms with E-state index < -0.39 is 23.6 Å². The van der Waals surface area contributed by atoms with Crippen LogP contribution in [0.5, 0.6) is 11.5 Å². The van der Waals surface area contributed by atoms with E-state index in [2.05, 4.69) is 5.32 Å². The molecule has 1 aliphatic carbocycles. The fourth-order valence-electron chi connectivity index (χ4n) is 5.47. The van der Waals surface area contributed by atoms with Gasteiger partial charge in [0.15, 0.2) is 11.5 Å². The number of nitrogens with zero attached hydrogens (tertiary/aromatic N) is 1. The molecule has 0 aromatic heterocycles. The quantitative estimate of drug-likeness (QED) is 0.169. The van der Waals surface area contributed by atoms with Gasteiger partial charge in [0.2, 0.25) is 0 Å². The first-order valence-electron chi connectivity index (χ1n) is 15.1. The summed E-state index contributed by atoms with van der Waals surface area (Å²) in [7, 11) is 1.30. The Morgan fingerprint density at radius 2 is 1.70 bits per heavy atom. The summed E-state index contributed by atoms with van der Waals surface area (Å²) in [5.74, 6) is -0.281. The Morgan fingerprint density at radius 3 is 2.27 bits per heavy atom. The van der Waals surface area contributed by atoms with E-state index in [0.29, 0.717) is 37.4 Å². The molecule has 0 unspecified atom stereocenters. The normalized spacial score (nSPS) is 18.9. The maximum atomic E-state index is 14.1. The minimum Gasteiger partial charge on any atom is -0.493 e. The number of carbonyl (C=O) groups is 3. The van der Waals surface area contributed by atoms with Gasteiger partial charge in [-0.1, -0.05) is 41.9 Å². The van der Waals surface area contributed by atoms with Gasteiger partial charge in [-0.3, -0.25) is 4.79 Å². The number of ketones is 1. The van der Waals surface area contributed by atoms with Crippen molar-refractivity contribution in [3.05, 3.63) is 58.1 Å². The lowest BCUT2D eigenvalue weighted by atomic mass is 9.74. The molecular formula is C33H45ClN2O8. The van der Waals surface area contributed by atoms with Crippen molar-refractivity contribution in [2.24, 2.45) is 0 Å². The molecule has 0 aliphatic heterocycles. The molecule has 1 N–H and O–H groups in total. The predicted molar refractivity (Wildman–Crippen MR) is 168 cm³/mol. The number of rotatable bonds is 16. The van der Waals surface area contributed by atoms with E-state index in [0.717, 1.165) is 5.56 Å². The highest BCUT2D eigenvalue weighted by atomic mass is 35.5. The molecule has 1 saturated carbocycles. The lowest BCUT2D eigenvalue weighted by Gasteiger charge is -2.46. The van der Waals surface area contributed by atoms with Crippen LogP contribution in [0.4, 0.5) is 4.79 Å². The van der Waals surface area contributed by atoms with E-state index >= 15 is 0 Å². The highest BCUT2D eigenvalue weighted by molar-refractivity contribution is 6.33. The smallest absolute Gasteiger partial charge is 0.331 e. The summed E-state index contributed by atoms with van der Waals surface area (Å²) in [4.78, 5) is 41.1. The average Bonchev–Trinajstić information content (AvgIpc) is 2.99. The Hall–Kier alpha value is -3.34. The van der Waals surface area contributed by atoms with E-state index in [1.54, 1.807) is 17.9 Å². The van der Waals surface area contributed by atoms with E-state index in [1.165, 1.54) is 14.0 Å². The molecule has 0 saturated heterocycles. The first-order valence-corrected chi connectivity index (χ1v) is 15.5.